The standard InChI is InChI=1S/C25H32N4O2/c1-4-28(20-11-6-5-7-12-20)16-10-15-26-25(31)27-23-18-29(17-19(2)3)24(30)22-14-9-8-13-21(22)23/h5-9,11-14,18-19H,4,10,15-17H2,1-3H3,(H2,26,27,31). The molecule has 3 rings (SSSR count). The van der Waals surface area contributed by atoms with Crippen LogP contribution in [0.25, 0.3) is 10.8 Å². The van der Waals surface area contributed by atoms with E-state index in [0.29, 0.717) is 30.1 Å². The van der Waals surface area contributed by atoms with Crippen LogP contribution >= 0.6 is 0 Å². The molecule has 0 bridgehead atoms. The van der Waals surface area contributed by atoms with E-state index in [2.05, 4.69) is 48.4 Å². The Balaban J connectivity index is 1.62. The van der Waals surface area contributed by atoms with E-state index in [0.717, 1.165) is 24.9 Å². The van der Waals surface area contributed by atoms with E-state index in [1.54, 1.807) is 16.8 Å². The average Bonchev–Trinajstić information content (AvgIpc) is 2.77. The molecule has 1 aromatic heterocycles. The van der Waals surface area contributed by atoms with E-state index in [-0.39, 0.29) is 11.6 Å². The van der Waals surface area contributed by atoms with E-state index in [4.69, 9.17) is 0 Å². The lowest BCUT2D eigenvalue weighted by Crippen LogP contribution is -2.33. The fourth-order valence-electron chi connectivity index (χ4n) is 3.72. The molecule has 0 spiro atoms. The minimum Gasteiger partial charge on any atom is -0.372 e. The normalized spacial score (nSPS) is 11.0. The molecule has 0 aliphatic heterocycles. The van der Waals surface area contributed by atoms with Crippen LogP contribution in [0.3, 0.4) is 0 Å². The van der Waals surface area contributed by atoms with Crippen LogP contribution < -0.4 is 21.1 Å². The van der Waals surface area contributed by atoms with Gasteiger partial charge in [0.2, 0.25) is 0 Å². The van der Waals surface area contributed by atoms with Gasteiger partial charge < -0.3 is 20.1 Å². The van der Waals surface area contributed by atoms with Gasteiger partial charge in [-0.05, 0) is 37.5 Å². The maximum absolute atomic E-state index is 12.8. The first-order valence-electron chi connectivity index (χ1n) is 11.0. The Morgan fingerprint density at radius 3 is 2.39 bits per heavy atom. The van der Waals surface area contributed by atoms with Crippen molar-refractivity contribution in [2.75, 3.05) is 29.9 Å². The summed E-state index contributed by atoms with van der Waals surface area (Å²) in [6, 6.07) is 17.4. The van der Waals surface area contributed by atoms with Gasteiger partial charge in [-0.3, -0.25) is 4.79 Å². The van der Waals surface area contributed by atoms with Gasteiger partial charge in [0.05, 0.1) is 5.69 Å². The van der Waals surface area contributed by atoms with Gasteiger partial charge in [0.1, 0.15) is 0 Å². The van der Waals surface area contributed by atoms with Crippen LogP contribution in [-0.2, 0) is 6.54 Å². The van der Waals surface area contributed by atoms with Gasteiger partial charge in [-0.15, -0.1) is 0 Å². The molecule has 0 aliphatic carbocycles. The fraction of sp³-hybridized carbons (Fsp3) is 0.360. The van der Waals surface area contributed by atoms with Crippen molar-refractivity contribution in [3.8, 4) is 0 Å². The van der Waals surface area contributed by atoms with Crippen LogP contribution in [0.5, 0.6) is 0 Å². The quantitative estimate of drug-likeness (QED) is 0.493. The number of anilines is 2. The van der Waals surface area contributed by atoms with Crippen LogP contribution in [0.15, 0.2) is 65.6 Å². The topological polar surface area (TPSA) is 66.4 Å². The number of para-hydroxylation sites is 1. The average molecular weight is 421 g/mol. The number of hydrogen-bond acceptors (Lipinski definition) is 3. The lowest BCUT2D eigenvalue weighted by Gasteiger charge is -2.23. The van der Waals surface area contributed by atoms with Crippen molar-refractivity contribution in [3.05, 3.63) is 71.1 Å². The number of fused-ring (bicyclic) bond motifs is 1. The highest BCUT2D eigenvalue weighted by Crippen LogP contribution is 2.21. The molecule has 6 nitrogen and oxygen atoms in total. The molecular formula is C25H32N4O2. The van der Waals surface area contributed by atoms with Crippen LogP contribution in [0.4, 0.5) is 16.2 Å². The molecule has 2 N–H and O–H groups in total. The molecule has 2 aromatic carbocycles. The summed E-state index contributed by atoms with van der Waals surface area (Å²) in [6.07, 6.45) is 2.59. The highest BCUT2D eigenvalue weighted by Gasteiger charge is 2.12. The Morgan fingerprint density at radius 2 is 1.71 bits per heavy atom. The third-order valence-electron chi connectivity index (χ3n) is 5.20. The van der Waals surface area contributed by atoms with Crippen molar-refractivity contribution in [1.82, 2.24) is 9.88 Å². The van der Waals surface area contributed by atoms with Gasteiger partial charge in [-0.1, -0.05) is 50.2 Å². The van der Waals surface area contributed by atoms with E-state index >= 15 is 0 Å². The lowest BCUT2D eigenvalue weighted by atomic mass is 10.1. The zero-order valence-electron chi connectivity index (χ0n) is 18.6. The molecule has 0 fully saturated rings. The number of urea groups is 1. The summed E-state index contributed by atoms with van der Waals surface area (Å²) in [6.45, 7) is 9.21. The smallest absolute Gasteiger partial charge is 0.319 e. The zero-order chi connectivity index (χ0) is 22.2. The zero-order valence-corrected chi connectivity index (χ0v) is 18.6. The molecule has 2 amide bonds. The van der Waals surface area contributed by atoms with Crippen molar-refractivity contribution in [2.24, 2.45) is 5.92 Å². The summed E-state index contributed by atoms with van der Waals surface area (Å²) in [4.78, 5) is 27.6. The van der Waals surface area contributed by atoms with Crippen molar-refractivity contribution >= 4 is 28.2 Å². The fourth-order valence-corrected chi connectivity index (χ4v) is 3.72. The summed E-state index contributed by atoms with van der Waals surface area (Å²) in [7, 11) is 0. The number of hydrogen-bond donors (Lipinski definition) is 2. The van der Waals surface area contributed by atoms with Crippen molar-refractivity contribution in [1.29, 1.82) is 0 Å². The summed E-state index contributed by atoms with van der Waals surface area (Å²) >= 11 is 0. The Morgan fingerprint density at radius 1 is 1.03 bits per heavy atom. The maximum atomic E-state index is 12.8. The van der Waals surface area contributed by atoms with Crippen molar-refractivity contribution in [3.63, 3.8) is 0 Å². The second-order valence-electron chi connectivity index (χ2n) is 8.09. The Labute approximate surface area is 183 Å². The number of benzene rings is 2. The second kappa shape index (κ2) is 10.7. The maximum Gasteiger partial charge on any atom is 0.319 e. The number of amides is 2. The molecule has 0 saturated carbocycles. The van der Waals surface area contributed by atoms with Crippen LogP contribution in [0, 0.1) is 5.92 Å². The number of carbonyl (C=O) groups excluding carboxylic acids is 1. The Bertz CT molecular complexity index is 1060. The predicted molar refractivity (Wildman–Crippen MR) is 129 cm³/mol. The number of carbonyl (C=O) groups is 1. The molecule has 0 atom stereocenters. The van der Waals surface area contributed by atoms with E-state index < -0.39 is 0 Å². The number of nitrogens with zero attached hydrogens (tertiary/aromatic N) is 2. The monoisotopic (exact) mass is 420 g/mol. The van der Waals surface area contributed by atoms with Gasteiger partial charge in [-0.25, -0.2) is 4.79 Å². The summed E-state index contributed by atoms with van der Waals surface area (Å²) in [5.41, 5.74) is 1.80. The van der Waals surface area contributed by atoms with Gasteiger partial charge in [0.15, 0.2) is 0 Å². The summed E-state index contributed by atoms with van der Waals surface area (Å²) in [5, 5.41) is 7.24. The first kappa shape index (κ1) is 22.4. The SMILES string of the molecule is CCN(CCCNC(=O)Nc1cn(CC(C)C)c(=O)c2ccccc12)c1ccccc1. The van der Waals surface area contributed by atoms with Crippen LogP contribution in [0.1, 0.15) is 27.2 Å². The number of nitrogens with one attached hydrogen (secondary N) is 2. The first-order valence-corrected chi connectivity index (χ1v) is 11.0. The third-order valence-corrected chi connectivity index (χ3v) is 5.20. The number of pyridine rings is 1. The van der Waals surface area contributed by atoms with E-state index in [9.17, 15) is 9.59 Å². The first-order chi connectivity index (χ1) is 15.0. The minimum atomic E-state index is -0.261. The largest absolute Gasteiger partial charge is 0.372 e. The van der Waals surface area contributed by atoms with Gasteiger partial charge >= 0.3 is 6.03 Å². The predicted octanol–water partition coefficient (Wildman–Crippen LogP) is 4.70. The molecule has 1 heterocycles. The highest BCUT2D eigenvalue weighted by molar-refractivity contribution is 6.00. The van der Waals surface area contributed by atoms with E-state index in [1.807, 2.05) is 36.4 Å². The van der Waals surface area contributed by atoms with Crippen LogP contribution in [0.2, 0.25) is 0 Å². The van der Waals surface area contributed by atoms with Crippen molar-refractivity contribution in [2.45, 2.75) is 33.7 Å². The lowest BCUT2D eigenvalue weighted by molar-refractivity contribution is 0.252. The molecule has 0 radical (unpaired) electrons. The van der Waals surface area contributed by atoms with Gasteiger partial charge in [-0.2, -0.15) is 0 Å². The Hall–Kier alpha value is -3.28. The Kier molecular flexibility index (Phi) is 7.70. The molecular weight excluding hydrogens is 388 g/mol. The second-order valence-corrected chi connectivity index (χ2v) is 8.09. The molecule has 31 heavy (non-hydrogen) atoms. The molecule has 3 aromatic rings. The molecule has 164 valence electrons. The number of rotatable bonds is 9. The molecule has 0 aliphatic rings. The van der Waals surface area contributed by atoms with E-state index in [1.165, 1.54) is 5.69 Å². The van der Waals surface area contributed by atoms with Crippen molar-refractivity contribution < 1.29 is 4.79 Å². The third kappa shape index (κ3) is 5.87. The minimum absolute atomic E-state index is 0.0316. The van der Waals surface area contributed by atoms with Gasteiger partial charge in [0, 0.05) is 48.8 Å². The highest BCUT2D eigenvalue weighted by atomic mass is 16.2. The molecule has 0 saturated heterocycles. The van der Waals surface area contributed by atoms with Gasteiger partial charge in [0.25, 0.3) is 5.56 Å². The molecule has 6 heteroatoms. The van der Waals surface area contributed by atoms with Crippen LogP contribution in [-0.4, -0.2) is 30.2 Å². The molecule has 0 unspecified atom stereocenters. The summed E-state index contributed by atoms with van der Waals surface area (Å²) < 4.78 is 1.68. The summed E-state index contributed by atoms with van der Waals surface area (Å²) in [5.74, 6) is 0.326. The number of aromatic nitrogens is 1.